The van der Waals surface area contributed by atoms with Crippen LogP contribution in [0.4, 0.5) is 10.2 Å². The SMILES string of the molecule is Cc1cn(-c2ncccc2F)nc1NS(=O)(=O)c1ccc2sc(Cl)nc2c1. The summed E-state index contributed by atoms with van der Waals surface area (Å²) in [5.74, 6) is -0.513. The molecular weight excluding hydrogens is 413 g/mol. The number of aromatic nitrogens is 4. The fourth-order valence-corrected chi connectivity index (χ4v) is 4.55. The highest BCUT2D eigenvalue weighted by Gasteiger charge is 2.20. The molecule has 27 heavy (non-hydrogen) atoms. The lowest BCUT2D eigenvalue weighted by molar-refractivity contribution is 0.599. The van der Waals surface area contributed by atoms with Gasteiger partial charge in [0.1, 0.15) is 0 Å². The number of sulfonamides is 1. The molecule has 1 aromatic carbocycles. The summed E-state index contributed by atoms with van der Waals surface area (Å²) in [4.78, 5) is 8.03. The molecule has 0 aliphatic carbocycles. The van der Waals surface area contributed by atoms with Crippen molar-refractivity contribution in [3.63, 3.8) is 0 Å². The van der Waals surface area contributed by atoms with E-state index in [2.05, 4.69) is 19.8 Å². The van der Waals surface area contributed by atoms with E-state index in [4.69, 9.17) is 11.6 Å². The van der Waals surface area contributed by atoms with Crippen LogP contribution in [0.15, 0.2) is 47.6 Å². The Balaban J connectivity index is 1.69. The molecule has 1 N–H and O–H groups in total. The molecule has 11 heteroatoms. The average molecular weight is 424 g/mol. The number of rotatable bonds is 4. The maximum Gasteiger partial charge on any atom is 0.263 e. The predicted octanol–water partition coefficient (Wildman–Crippen LogP) is 3.78. The van der Waals surface area contributed by atoms with Crippen molar-refractivity contribution in [3.8, 4) is 5.82 Å². The van der Waals surface area contributed by atoms with Crippen LogP contribution in [0.5, 0.6) is 0 Å². The van der Waals surface area contributed by atoms with Crippen molar-refractivity contribution in [1.82, 2.24) is 19.7 Å². The molecule has 0 aliphatic heterocycles. The fourth-order valence-electron chi connectivity index (χ4n) is 2.45. The second-order valence-corrected chi connectivity index (χ2v) is 8.91. The van der Waals surface area contributed by atoms with Crippen molar-refractivity contribution < 1.29 is 12.8 Å². The van der Waals surface area contributed by atoms with E-state index in [-0.39, 0.29) is 16.5 Å². The molecule has 0 radical (unpaired) electrons. The molecule has 0 unspecified atom stereocenters. The van der Waals surface area contributed by atoms with Gasteiger partial charge in [0, 0.05) is 18.0 Å². The van der Waals surface area contributed by atoms with Crippen LogP contribution < -0.4 is 4.72 Å². The number of fused-ring (bicyclic) bond motifs is 1. The van der Waals surface area contributed by atoms with Crippen molar-refractivity contribution >= 4 is 49.0 Å². The largest absolute Gasteiger partial charge is 0.263 e. The van der Waals surface area contributed by atoms with E-state index < -0.39 is 15.8 Å². The Morgan fingerprint density at radius 2 is 2.11 bits per heavy atom. The van der Waals surface area contributed by atoms with Crippen LogP contribution in [-0.4, -0.2) is 28.2 Å². The molecule has 0 amide bonds. The lowest BCUT2D eigenvalue weighted by Gasteiger charge is -2.06. The van der Waals surface area contributed by atoms with E-state index in [1.807, 2.05) is 0 Å². The van der Waals surface area contributed by atoms with Gasteiger partial charge in [0.25, 0.3) is 10.0 Å². The van der Waals surface area contributed by atoms with Crippen LogP contribution >= 0.6 is 22.9 Å². The molecule has 0 atom stereocenters. The molecule has 4 aromatic rings. The number of halogens is 2. The Labute approximate surface area is 162 Å². The normalized spacial score (nSPS) is 11.8. The summed E-state index contributed by atoms with van der Waals surface area (Å²) in [6.07, 6.45) is 2.92. The maximum atomic E-state index is 13.9. The zero-order valence-electron chi connectivity index (χ0n) is 13.7. The fraction of sp³-hybridized carbons (Fsp3) is 0.0625. The summed E-state index contributed by atoms with van der Waals surface area (Å²) in [5.41, 5.74) is 1.01. The van der Waals surface area contributed by atoms with Gasteiger partial charge in [-0.1, -0.05) is 11.6 Å². The van der Waals surface area contributed by atoms with Gasteiger partial charge in [-0.3, -0.25) is 4.72 Å². The van der Waals surface area contributed by atoms with Crippen LogP contribution in [-0.2, 0) is 10.0 Å². The number of nitrogens with zero attached hydrogens (tertiary/aromatic N) is 4. The molecule has 0 aliphatic rings. The van der Waals surface area contributed by atoms with E-state index in [1.165, 1.54) is 52.7 Å². The van der Waals surface area contributed by atoms with Crippen molar-refractivity contribution in [2.45, 2.75) is 11.8 Å². The van der Waals surface area contributed by atoms with Gasteiger partial charge in [0.2, 0.25) is 0 Å². The Kier molecular flexibility index (Phi) is 4.33. The number of benzene rings is 1. The Hall–Kier alpha value is -2.56. The van der Waals surface area contributed by atoms with Gasteiger partial charge in [-0.25, -0.2) is 27.5 Å². The molecule has 3 aromatic heterocycles. The van der Waals surface area contributed by atoms with Gasteiger partial charge in [0.15, 0.2) is 21.9 Å². The van der Waals surface area contributed by atoms with Crippen LogP contribution in [0, 0.1) is 12.7 Å². The second kappa shape index (κ2) is 6.55. The Morgan fingerprint density at radius 3 is 2.89 bits per heavy atom. The Bertz CT molecular complexity index is 1270. The summed E-state index contributed by atoms with van der Waals surface area (Å²) in [6, 6.07) is 7.24. The Morgan fingerprint density at radius 1 is 1.30 bits per heavy atom. The van der Waals surface area contributed by atoms with Crippen molar-refractivity contribution in [1.29, 1.82) is 0 Å². The second-order valence-electron chi connectivity index (χ2n) is 5.62. The third-order valence-electron chi connectivity index (χ3n) is 3.73. The summed E-state index contributed by atoms with van der Waals surface area (Å²) < 4.78 is 44.0. The van der Waals surface area contributed by atoms with Crippen LogP contribution in [0.25, 0.3) is 16.0 Å². The molecule has 7 nitrogen and oxygen atoms in total. The van der Waals surface area contributed by atoms with E-state index in [1.54, 1.807) is 13.0 Å². The third-order valence-corrected chi connectivity index (χ3v) is 6.20. The number of pyridine rings is 1. The van der Waals surface area contributed by atoms with Crippen LogP contribution in [0.3, 0.4) is 0 Å². The van der Waals surface area contributed by atoms with E-state index in [0.29, 0.717) is 15.5 Å². The number of hydrogen-bond acceptors (Lipinski definition) is 6. The predicted molar refractivity (Wildman–Crippen MR) is 101 cm³/mol. The molecule has 138 valence electrons. The molecule has 3 heterocycles. The van der Waals surface area contributed by atoms with Crippen LogP contribution in [0.1, 0.15) is 5.56 Å². The number of thiazole rings is 1. The first-order valence-corrected chi connectivity index (χ1v) is 10.3. The molecule has 0 bridgehead atoms. The van der Waals surface area contributed by atoms with Gasteiger partial charge in [-0.15, -0.1) is 16.4 Å². The highest BCUT2D eigenvalue weighted by atomic mass is 35.5. The van der Waals surface area contributed by atoms with Crippen LogP contribution in [0.2, 0.25) is 4.47 Å². The average Bonchev–Trinajstić information content (AvgIpc) is 3.16. The summed E-state index contributed by atoms with van der Waals surface area (Å²) in [7, 11) is -3.92. The first-order valence-electron chi connectivity index (χ1n) is 7.59. The molecule has 0 saturated heterocycles. The first kappa shape index (κ1) is 17.8. The summed E-state index contributed by atoms with van der Waals surface area (Å²) in [6.45, 7) is 1.66. The molecule has 0 spiro atoms. The maximum absolute atomic E-state index is 13.9. The highest BCUT2D eigenvalue weighted by Crippen LogP contribution is 2.28. The highest BCUT2D eigenvalue weighted by molar-refractivity contribution is 7.92. The number of nitrogens with one attached hydrogen (secondary N) is 1. The van der Waals surface area contributed by atoms with Gasteiger partial charge >= 0.3 is 0 Å². The van der Waals surface area contributed by atoms with Gasteiger partial charge < -0.3 is 0 Å². The monoisotopic (exact) mass is 423 g/mol. The van der Waals surface area contributed by atoms with Gasteiger partial charge in [0.05, 0.1) is 15.1 Å². The molecule has 4 rings (SSSR count). The summed E-state index contributed by atoms with van der Waals surface area (Å²) >= 11 is 7.13. The smallest absolute Gasteiger partial charge is 0.262 e. The van der Waals surface area contributed by atoms with Crippen molar-refractivity contribution in [3.05, 3.63) is 58.6 Å². The quantitative estimate of drug-likeness (QED) is 0.539. The van der Waals surface area contributed by atoms with Gasteiger partial charge in [-0.2, -0.15) is 0 Å². The van der Waals surface area contributed by atoms with E-state index >= 15 is 0 Å². The molecule has 0 fully saturated rings. The lowest BCUT2D eigenvalue weighted by atomic mass is 10.3. The standard InChI is InChI=1S/C16H11ClFN5O2S2/c1-9-8-23(15-11(18)3-2-6-19-15)21-14(9)22-27(24,25)10-4-5-13-12(7-10)20-16(17)26-13/h2-8H,1H3,(H,21,22). The number of aryl methyl sites for hydroxylation is 1. The third kappa shape index (κ3) is 3.38. The number of anilines is 1. The van der Waals surface area contributed by atoms with Gasteiger partial charge in [-0.05, 0) is 37.3 Å². The number of hydrogen-bond donors (Lipinski definition) is 1. The topological polar surface area (TPSA) is 89.8 Å². The minimum Gasteiger partial charge on any atom is -0.262 e. The first-order chi connectivity index (χ1) is 12.8. The minimum atomic E-state index is -3.92. The zero-order chi connectivity index (χ0) is 19.2. The van der Waals surface area contributed by atoms with E-state index in [9.17, 15) is 12.8 Å². The minimum absolute atomic E-state index is 0.0231. The molecule has 0 saturated carbocycles. The lowest BCUT2D eigenvalue weighted by Crippen LogP contribution is -2.14. The van der Waals surface area contributed by atoms with Crippen molar-refractivity contribution in [2.24, 2.45) is 0 Å². The summed E-state index contributed by atoms with van der Waals surface area (Å²) in [5, 5.41) is 4.11. The zero-order valence-corrected chi connectivity index (χ0v) is 16.1. The van der Waals surface area contributed by atoms with Crippen molar-refractivity contribution in [2.75, 3.05) is 4.72 Å². The van der Waals surface area contributed by atoms with E-state index in [0.717, 1.165) is 4.70 Å². The molecular formula is C16H11ClFN5O2S2.